The zero-order chi connectivity index (χ0) is 21.1. The van der Waals surface area contributed by atoms with Crippen molar-refractivity contribution in [3.8, 4) is 5.75 Å². The van der Waals surface area contributed by atoms with Crippen molar-refractivity contribution < 1.29 is 35.9 Å². The zero-order valence-corrected chi connectivity index (χ0v) is 16.5. The quantitative estimate of drug-likeness (QED) is 0.739. The molecule has 162 valence electrons. The molecule has 0 saturated carbocycles. The topological polar surface area (TPSA) is 84.9 Å². The fourth-order valence-electron chi connectivity index (χ4n) is 3.47. The van der Waals surface area contributed by atoms with Gasteiger partial charge in [0.25, 0.3) is 0 Å². The van der Waals surface area contributed by atoms with E-state index in [1.54, 1.807) is 0 Å². The molecule has 2 fully saturated rings. The van der Waals surface area contributed by atoms with Crippen molar-refractivity contribution in [1.29, 1.82) is 0 Å². The summed E-state index contributed by atoms with van der Waals surface area (Å²) in [6, 6.07) is 4.31. The van der Waals surface area contributed by atoms with Crippen molar-refractivity contribution in [2.45, 2.75) is 30.5 Å². The van der Waals surface area contributed by atoms with Crippen LogP contribution in [-0.4, -0.2) is 57.8 Å². The van der Waals surface area contributed by atoms with E-state index in [1.807, 2.05) is 0 Å². The molecule has 1 unspecified atom stereocenters. The molecular weight excluding hydrogens is 413 g/mol. The molecule has 0 radical (unpaired) electrons. The van der Waals surface area contributed by atoms with Gasteiger partial charge in [0.15, 0.2) is 0 Å². The number of halogens is 3. The van der Waals surface area contributed by atoms with Gasteiger partial charge in [-0.05, 0) is 31.4 Å². The largest absolute Gasteiger partial charge is 0.573 e. The van der Waals surface area contributed by atoms with Crippen LogP contribution in [0.1, 0.15) is 19.3 Å². The van der Waals surface area contributed by atoms with Crippen LogP contribution < -0.4 is 10.1 Å². The van der Waals surface area contributed by atoms with E-state index in [9.17, 15) is 26.4 Å². The monoisotopic (exact) mass is 436 g/mol. The standard InChI is InChI=1S/C18H23F3N2O5S/c19-18(20,21)28-15-2-1-3-16(10-15)29(25,26)23-7-4-14(5-8-23)17(24)22-11-13-6-9-27-12-13/h1-3,10,13-14H,4-9,11-12H2,(H,22,24). The van der Waals surface area contributed by atoms with Crippen LogP contribution in [0, 0.1) is 11.8 Å². The predicted octanol–water partition coefficient (Wildman–Crippen LogP) is 2.14. The van der Waals surface area contributed by atoms with Gasteiger partial charge in [-0.25, -0.2) is 8.42 Å². The third-order valence-corrected chi connectivity index (χ3v) is 6.99. The van der Waals surface area contributed by atoms with E-state index >= 15 is 0 Å². The Balaban J connectivity index is 1.56. The number of amides is 1. The molecule has 1 atom stereocenters. The number of hydrogen-bond donors (Lipinski definition) is 1. The molecule has 1 aromatic rings. The summed E-state index contributed by atoms with van der Waals surface area (Å²) in [6.07, 6.45) is -3.29. The lowest BCUT2D eigenvalue weighted by molar-refractivity contribution is -0.274. The Bertz CT molecular complexity index is 817. The molecule has 0 spiro atoms. The van der Waals surface area contributed by atoms with Gasteiger partial charge in [-0.15, -0.1) is 13.2 Å². The molecule has 2 aliphatic rings. The summed E-state index contributed by atoms with van der Waals surface area (Å²) in [5.41, 5.74) is 0. The third kappa shape index (κ3) is 5.83. The predicted molar refractivity (Wildman–Crippen MR) is 96.5 cm³/mol. The number of rotatable bonds is 6. The summed E-state index contributed by atoms with van der Waals surface area (Å²) in [5, 5.41) is 2.90. The van der Waals surface area contributed by atoms with E-state index in [1.165, 1.54) is 16.4 Å². The van der Waals surface area contributed by atoms with E-state index in [0.717, 1.165) is 18.6 Å². The average molecular weight is 436 g/mol. The molecule has 1 N–H and O–H groups in total. The lowest BCUT2D eigenvalue weighted by Gasteiger charge is -2.30. The maximum atomic E-state index is 12.8. The van der Waals surface area contributed by atoms with E-state index in [4.69, 9.17) is 4.74 Å². The number of sulfonamides is 1. The number of carbonyl (C=O) groups is 1. The van der Waals surface area contributed by atoms with Crippen LogP contribution in [0.25, 0.3) is 0 Å². The molecule has 29 heavy (non-hydrogen) atoms. The number of nitrogens with zero attached hydrogens (tertiary/aromatic N) is 1. The van der Waals surface area contributed by atoms with E-state index < -0.39 is 22.1 Å². The minimum Gasteiger partial charge on any atom is -0.406 e. The third-order valence-electron chi connectivity index (χ3n) is 5.09. The summed E-state index contributed by atoms with van der Waals surface area (Å²) in [7, 11) is -3.98. The molecular formula is C18H23F3N2O5S. The summed E-state index contributed by atoms with van der Waals surface area (Å²) < 4.78 is 72.9. The second-order valence-corrected chi connectivity index (χ2v) is 9.11. The van der Waals surface area contributed by atoms with Gasteiger partial charge in [-0.2, -0.15) is 4.31 Å². The molecule has 2 aliphatic heterocycles. The summed E-state index contributed by atoms with van der Waals surface area (Å²) in [5.74, 6) is -0.674. The highest BCUT2D eigenvalue weighted by molar-refractivity contribution is 7.89. The van der Waals surface area contributed by atoms with Crippen molar-refractivity contribution in [2.24, 2.45) is 11.8 Å². The van der Waals surface area contributed by atoms with E-state index in [-0.39, 0.29) is 29.8 Å². The number of alkyl halides is 3. The van der Waals surface area contributed by atoms with Gasteiger partial charge >= 0.3 is 6.36 Å². The van der Waals surface area contributed by atoms with Crippen LogP contribution in [-0.2, 0) is 19.6 Å². The molecule has 11 heteroatoms. The van der Waals surface area contributed by atoms with Crippen molar-refractivity contribution in [2.75, 3.05) is 32.8 Å². The highest BCUT2D eigenvalue weighted by Gasteiger charge is 2.34. The fourth-order valence-corrected chi connectivity index (χ4v) is 4.98. The van der Waals surface area contributed by atoms with Gasteiger partial charge in [-0.3, -0.25) is 4.79 Å². The van der Waals surface area contributed by atoms with Gasteiger partial charge in [0.2, 0.25) is 15.9 Å². The first-order valence-electron chi connectivity index (χ1n) is 9.36. The minimum atomic E-state index is -4.90. The first kappa shape index (κ1) is 21.8. The van der Waals surface area contributed by atoms with Crippen molar-refractivity contribution in [3.63, 3.8) is 0 Å². The van der Waals surface area contributed by atoms with Crippen LogP contribution in [0.2, 0.25) is 0 Å². The van der Waals surface area contributed by atoms with Gasteiger partial charge in [0.1, 0.15) is 5.75 Å². The Morgan fingerprint density at radius 1 is 1.24 bits per heavy atom. The van der Waals surface area contributed by atoms with Crippen LogP contribution >= 0.6 is 0 Å². The Hall–Kier alpha value is -1.85. The summed E-state index contributed by atoms with van der Waals surface area (Å²) in [6.45, 7) is 2.12. The molecule has 0 bridgehead atoms. The summed E-state index contributed by atoms with van der Waals surface area (Å²) >= 11 is 0. The SMILES string of the molecule is O=C(NCC1CCOC1)C1CCN(S(=O)(=O)c2cccc(OC(F)(F)F)c2)CC1. The first-order valence-corrected chi connectivity index (χ1v) is 10.8. The molecule has 7 nitrogen and oxygen atoms in total. The fraction of sp³-hybridized carbons (Fsp3) is 0.611. The number of benzene rings is 1. The lowest BCUT2D eigenvalue weighted by atomic mass is 9.97. The summed E-state index contributed by atoms with van der Waals surface area (Å²) in [4.78, 5) is 12.0. The zero-order valence-electron chi connectivity index (χ0n) is 15.7. The van der Waals surface area contributed by atoms with Crippen molar-refractivity contribution >= 4 is 15.9 Å². The average Bonchev–Trinajstić information content (AvgIpc) is 3.19. The molecule has 0 aromatic heterocycles. The maximum absolute atomic E-state index is 12.8. The van der Waals surface area contributed by atoms with Crippen LogP contribution in [0.5, 0.6) is 5.75 Å². The number of ether oxygens (including phenoxy) is 2. The van der Waals surface area contributed by atoms with Crippen LogP contribution in [0.3, 0.4) is 0 Å². The first-order chi connectivity index (χ1) is 13.6. The molecule has 3 rings (SSSR count). The lowest BCUT2D eigenvalue weighted by Crippen LogP contribution is -2.43. The van der Waals surface area contributed by atoms with Gasteiger partial charge in [0.05, 0.1) is 11.5 Å². The second kappa shape index (κ2) is 8.88. The minimum absolute atomic E-state index is 0.102. The molecule has 2 saturated heterocycles. The number of piperidine rings is 1. The van der Waals surface area contributed by atoms with Crippen LogP contribution in [0.15, 0.2) is 29.2 Å². The van der Waals surface area contributed by atoms with Gasteiger partial charge < -0.3 is 14.8 Å². The maximum Gasteiger partial charge on any atom is 0.573 e. The van der Waals surface area contributed by atoms with Gasteiger partial charge in [0, 0.05) is 44.1 Å². The molecule has 2 heterocycles. The van der Waals surface area contributed by atoms with Crippen LogP contribution in [0.4, 0.5) is 13.2 Å². The Morgan fingerprint density at radius 2 is 1.97 bits per heavy atom. The van der Waals surface area contributed by atoms with E-state index in [2.05, 4.69) is 10.1 Å². The number of hydrogen-bond acceptors (Lipinski definition) is 5. The normalized spacial score (nSPS) is 21.8. The smallest absolute Gasteiger partial charge is 0.406 e. The second-order valence-electron chi connectivity index (χ2n) is 7.18. The Kier molecular flexibility index (Phi) is 6.69. The molecule has 1 amide bonds. The number of carbonyl (C=O) groups excluding carboxylic acids is 1. The van der Waals surface area contributed by atoms with Gasteiger partial charge in [-0.1, -0.05) is 6.07 Å². The Morgan fingerprint density at radius 3 is 2.59 bits per heavy atom. The van der Waals surface area contributed by atoms with Crippen molar-refractivity contribution in [1.82, 2.24) is 9.62 Å². The van der Waals surface area contributed by atoms with Crippen molar-refractivity contribution in [3.05, 3.63) is 24.3 Å². The molecule has 0 aliphatic carbocycles. The molecule has 1 aromatic carbocycles. The highest BCUT2D eigenvalue weighted by atomic mass is 32.2. The Labute approximate surface area is 167 Å². The number of nitrogens with one attached hydrogen (secondary N) is 1. The van der Waals surface area contributed by atoms with E-state index in [0.29, 0.717) is 38.5 Å². The highest BCUT2D eigenvalue weighted by Crippen LogP contribution is 2.28.